The summed E-state index contributed by atoms with van der Waals surface area (Å²) in [6, 6.07) is 0. The highest BCUT2D eigenvalue weighted by atomic mass is 16.5. The van der Waals surface area contributed by atoms with Crippen LogP contribution in [-0.2, 0) is 9.53 Å². The molecule has 0 aliphatic carbocycles. The first-order valence-electron chi connectivity index (χ1n) is 10.7. The van der Waals surface area contributed by atoms with Crippen molar-refractivity contribution in [3.63, 3.8) is 0 Å². The summed E-state index contributed by atoms with van der Waals surface area (Å²) >= 11 is 0. The van der Waals surface area contributed by atoms with Crippen molar-refractivity contribution in [1.82, 2.24) is 10.2 Å². The second kappa shape index (κ2) is 19.7. The molecule has 0 rings (SSSR count). The summed E-state index contributed by atoms with van der Waals surface area (Å²) < 4.78 is 5.51. The molecular formula is C21H44N2O2. The lowest BCUT2D eigenvalue weighted by atomic mass is 10.1. The van der Waals surface area contributed by atoms with Crippen LogP contribution in [0.3, 0.4) is 0 Å². The van der Waals surface area contributed by atoms with Crippen LogP contribution < -0.4 is 5.32 Å². The minimum Gasteiger partial charge on any atom is -0.380 e. The van der Waals surface area contributed by atoms with E-state index in [1.165, 1.54) is 64.2 Å². The topological polar surface area (TPSA) is 41.6 Å². The number of carbonyl (C=O) groups is 1. The zero-order valence-electron chi connectivity index (χ0n) is 17.3. The third kappa shape index (κ3) is 21.3. The van der Waals surface area contributed by atoms with Gasteiger partial charge in [-0.3, -0.25) is 4.79 Å². The molecule has 0 heterocycles. The predicted octanol–water partition coefficient (Wildman–Crippen LogP) is 4.77. The Labute approximate surface area is 157 Å². The minimum atomic E-state index is 0.198. The summed E-state index contributed by atoms with van der Waals surface area (Å²) in [6.07, 6.45) is 16.1. The predicted molar refractivity (Wildman–Crippen MR) is 108 cm³/mol. The van der Waals surface area contributed by atoms with Gasteiger partial charge in [-0.2, -0.15) is 0 Å². The van der Waals surface area contributed by atoms with Gasteiger partial charge in [0.15, 0.2) is 0 Å². The molecular weight excluding hydrogens is 312 g/mol. The Morgan fingerprint density at radius 1 is 0.800 bits per heavy atom. The van der Waals surface area contributed by atoms with E-state index < -0.39 is 0 Å². The molecule has 4 nitrogen and oxygen atoms in total. The monoisotopic (exact) mass is 356 g/mol. The molecule has 0 bridgehead atoms. The van der Waals surface area contributed by atoms with Gasteiger partial charge in [-0.15, -0.1) is 0 Å². The number of amides is 1. The number of hydrogen-bond donors (Lipinski definition) is 1. The van der Waals surface area contributed by atoms with Crippen molar-refractivity contribution in [2.45, 2.75) is 90.4 Å². The van der Waals surface area contributed by atoms with Crippen molar-refractivity contribution in [2.75, 3.05) is 40.4 Å². The lowest BCUT2D eigenvalue weighted by Crippen LogP contribution is -2.25. The zero-order valence-corrected chi connectivity index (χ0v) is 17.3. The van der Waals surface area contributed by atoms with Gasteiger partial charge in [0.2, 0.25) is 5.91 Å². The number of nitrogens with zero attached hydrogens (tertiary/aromatic N) is 1. The molecule has 0 saturated heterocycles. The Morgan fingerprint density at radius 3 is 1.92 bits per heavy atom. The second-order valence-corrected chi connectivity index (χ2v) is 7.40. The van der Waals surface area contributed by atoms with E-state index in [4.69, 9.17) is 4.74 Å². The minimum absolute atomic E-state index is 0.198. The maximum Gasteiger partial charge on any atom is 0.219 e. The number of nitrogens with one attached hydrogen (secondary N) is 1. The average Bonchev–Trinajstić information content (AvgIpc) is 2.58. The smallest absolute Gasteiger partial charge is 0.219 e. The fourth-order valence-corrected chi connectivity index (χ4v) is 2.79. The zero-order chi connectivity index (χ0) is 18.6. The second-order valence-electron chi connectivity index (χ2n) is 7.40. The maximum absolute atomic E-state index is 11.7. The Kier molecular flexibility index (Phi) is 19.2. The summed E-state index contributed by atoms with van der Waals surface area (Å²) in [5.41, 5.74) is 0. The molecule has 0 aliphatic rings. The molecule has 0 saturated carbocycles. The molecule has 25 heavy (non-hydrogen) atoms. The third-order valence-corrected chi connectivity index (χ3v) is 4.48. The lowest BCUT2D eigenvalue weighted by molar-refractivity contribution is -0.121. The van der Waals surface area contributed by atoms with Crippen LogP contribution in [0.2, 0.25) is 0 Å². The first-order chi connectivity index (χ1) is 12.2. The molecule has 0 aromatic heterocycles. The number of ether oxygens (including phenoxy) is 1. The van der Waals surface area contributed by atoms with E-state index in [2.05, 4.69) is 17.1 Å². The van der Waals surface area contributed by atoms with E-state index >= 15 is 0 Å². The summed E-state index contributed by atoms with van der Waals surface area (Å²) in [6.45, 7) is 5.44. The molecule has 0 spiro atoms. The van der Waals surface area contributed by atoms with E-state index in [0.717, 1.165) is 39.1 Å². The first-order valence-corrected chi connectivity index (χ1v) is 10.7. The standard InChI is InChI=1S/C21H44N2O2/c1-4-5-6-7-8-9-10-11-12-13-14-16-21(24)22-17-15-19-25-20-18-23(2)3/h4-20H2,1-3H3,(H,22,24). The molecule has 0 atom stereocenters. The molecule has 4 heteroatoms. The molecule has 0 aromatic carbocycles. The summed E-state index contributed by atoms with van der Waals surface area (Å²) in [5, 5.41) is 2.99. The normalized spacial score (nSPS) is 11.2. The van der Waals surface area contributed by atoms with Gasteiger partial charge in [0, 0.05) is 26.1 Å². The van der Waals surface area contributed by atoms with Crippen LogP contribution in [0.25, 0.3) is 0 Å². The fourth-order valence-electron chi connectivity index (χ4n) is 2.79. The van der Waals surface area contributed by atoms with Crippen molar-refractivity contribution >= 4 is 5.91 Å². The van der Waals surface area contributed by atoms with Gasteiger partial charge < -0.3 is 15.0 Å². The highest BCUT2D eigenvalue weighted by Gasteiger charge is 2.00. The van der Waals surface area contributed by atoms with Crippen LogP contribution in [0.15, 0.2) is 0 Å². The highest BCUT2D eigenvalue weighted by Crippen LogP contribution is 2.11. The van der Waals surface area contributed by atoms with Crippen molar-refractivity contribution < 1.29 is 9.53 Å². The van der Waals surface area contributed by atoms with Crippen LogP contribution in [0.5, 0.6) is 0 Å². The number of rotatable bonds is 19. The van der Waals surface area contributed by atoms with Gasteiger partial charge in [-0.1, -0.05) is 71.1 Å². The Bertz CT molecular complexity index is 283. The van der Waals surface area contributed by atoms with Crippen molar-refractivity contribution in [1.29, 1.82) is 0 Å². The van der Waals surface area contributed by atoms with E-state index in [9.17, 15) is 4.79 Å². The number of carbonyl (C=O) groups excluding carboxylic acids is 1. The maximum atomic E-state index is 11.7. The Balaban J connectivity index is 3.15. The van der Waals surface area contributed by atoms with Crippen LogP contribution in [0.1, 0.15) is 90.4 Å². The van der Waals surface area contributed by atoms with E-state index in [1.807, 2.05) is 14.1 Å². The van der Waals surface area contributed by atoms with Crippen molar-refractivity contribution in [3.05, 3.63) is 0 Å². The van der Waals surface area contributed by atoms with E-state index in [-0.39, 0.29) is 5.91 Å². The Hall–Kier alpha value is -0.610. The molecule has 0 unspecified atom stereocenters. The third-order valence-electron chi connectivity index (χ3n) is 4.48. The van der Waals surface area contributed by atoms with Gasteiger partial charge >= 0.3 is 0 Å². The van der Waals surface area contributed by atoms with Crippen molar-refractivity contribution in [3.8, 4) is 0 Å². The van der Waals surface area contributed by atoms with Gasteiger partial charge in [-0.25, -0.2) is 0 Å². The molecule has 0 aromatic rings. The Morgan fingerprint density at radius 2 is 1.36 bits per heavy atom. The summed E-state index contributed by atoms with van der Waals surface area (Å²) in [4.78, 5) is 13.8. The van der Waals surface area contributed by atoms with Crippen LogP contribution in [0.4, 0.5) is 0 Å². The first kappa shape index (κ1) is 24.4. The largest absolute Gasteiger partial charge is 0.380 e. The van der Waals surface area contributed by atoms with Crippen LogP contribution >= 0.6 is 0 Å². The summed E-state index contributed by atoms with van der Waals surface area (Å²) in [7, 11) is 4.08. The molecule has 0 radical (unpaired) electrons. The quantitative estimate of drug-likeness (QED) is 0.339. The van der Waals surface area contributed by atoms with Gasteiger partial charge in [0.1, 0.15) is 0 Å². The van der Waals surface area contributed by atoms with Gasteiger partial charge in [0.25, 0.3) is 0 Å². The van der Waals surface area contributed by atoms with Crippen LogP contribution in [-0.4, -0.2) is 51.2 Å². The SMILES string of the molecule is CCCCCCCCCCCCCC(=O)NCCCOCCN(C)C. The number of unbranched alkanes of at least 4 members (excludes halogenated alkanes) is 10. The fraction of sp³-hybridized carbons (Fsp3) is 0.952. The van der Waals surface area contributed by atoms with Crippen molar-refractivity contribution in [2.24, 2.45) is 0 Å². The molecule has 1 amide bonds. The number of likely N-dealkylation sites (N-methyl/N-ethyl adjacent to an activating group) is 1. The molecule has 0 aliphatic heterocycles. The average molecular weight is 357 g/mol. The van der Waals surface area contributed by atoms with E-state index in [1.54, 1.807) is 0 Å². The van der Waals surface area contributed by atoms with Gasteiger partial charge in [-0.05, 0) is 26.9 Å². The lowest BCUT2D eigenvalue weighted by Gasteiger charge is -2.10. The molecule has 1 N–H and O–H groups in total. The number of hydrogen-bond acceptors (Lipinski definition) is 3. The van der Waals surface area contributed by atoms with E-state index in [0.29, 0.717) is 6.42 Å². The van der Waals surface area contributed by atoms with Gasteiger partial charge in [0.05, 0.1) is 6.61 Å². The van der Waals surface area contributed by atoms with Crippen LogP contribution in [0, 0.1) is 0 Å². The molecule has 150 valence electrons. The highest BCUT2D eigenvalue weighted by molar-refractivity contribution is 5.75. The molecule has 0 fully saturated rings. The summed E-state index contributed by atoms with van der Waals surface area (Å²) in [5.74, 6) is 0.198.